The van der Waals surface area contributed by atoms with Crippen molar-refractivity contribution in [1.29, 1.82) is 0 Å². The second-order valence-corrected chi connectivity index (χ2v) is 4.38. The Kier molecular flexibility index (Phi) is 89.2. The summed E-state index contributed by atoms with van der Waals surface area (Å²) >= 11 is 0. The molecule has 0 aliphatic heterocycles. The largest absolute Gasteiger partial charge is 3.00 e. The molecule has 0 bridgehead atoms. The van der Waals surface area contributed by atoms with Gasteiger partial charge in [-0.1, -0.05) is 40.0 Å². The van der Waals surface area contributed by atoms with Crippen molar-refractivity contribution in [3.63, 3.8) is 0 Å². The molecule has 0 saturated heterocycles. The summed E-state index contributed by atoms with van der Waals surface area (Å²) in [6.45, 7) is 23.3. The second-order valence-electron chi connectivity index (χ2n) is 4.38. The van der Waals surface area contributed by atoms with Crippen molar-refractivity contribution >= 4 is 11.6 Å². The fraction of sp³-hybridized carbons (Fsp3) is 0.722. The molecular weight excluding hydrogens is 339 g/mol. The van der Waals surface area contributed by atoms with Crippen LogP contribution >= 0.6 is 0 Å². The Bertz CT molecular complexity index is 122. The summed E-state index contributed by atoms with van der Waals surface area (Å²) in [6.07, 6.45) is 6.83. The van der Waals surface area contributed by atoms with Crippen LogP contribution in [0.2, 0.25) is 0 Å². The van der Waals surface area contributed by atoms with Crippen molar-refractivity contribution in [3.8, 4) is 0 Å². The van der Waals surface area contributed by atoms with Gasteiger partial charge >= 0.3 is 26.2 Å². The number of rotatable bonds is 3. The number of Topliss-reactive ketones (excluding diaryl/α,β-unsaturated/α-hetero) is 2. The van der Waals surface area contributed by atoms with E-state index in [9.17, 15) is 9.59 Å². The first-order valence-electron chi connectivity index (χ1n) is 7.53. The molecule has 0 atom stereocenters. The van der Waals surface area contributed by atoms with E-state index in [0.29, 0.717) is 0 Å². The van der Waals surface area contributed by atoms with Crippen LogP contribution in [-0.2, 0) is 35.8 Å². The van der Waals surface area contributed by atoms with Gasteiger partial charge in [0, 0.05) is 0 Å². The van der Waals surface area contributed by atoms with E-state index >= 15 is 0 Å². The van der Waals surface area contributed by atoms with Gasteiger partial charge in [0.1, 0.15) is 11.6 Å². The molecular formula is C18H39O2Zr. The van der Waals surface area contributed by atoms with Crippen molar-refractivity contribution in [2.45, 2.75) is 87.0 Å². The van der Waals surface area contributed by atoms with E-state index in [1.807, 2.05) is 0 Å². The van der Waals surface area contributed by atoms with Gasteiger partial charge in [-0.25, -0.2) is 0 Å². The van der Waals surface area contributed by atoms with Crippen LogP contribution in [0.1, 0.15) is 87.0 Å². The molecule has 0 fully saturated rings. The molecule has 0 aromatic rings. The maximum absolute atomic E-state index is 9.44. The van der Waals surface area contributed by atoms with E-state index in [1.165, 1.54) is 47.0 Å². The molecule has 0 heterocycles. The number of hydrogen-bond donors (Lipinski definition) is 0. The zero-order valence-electron chi connectivity index (χ0n) is 15.7. The Labute approximate surface area is 155 Å². The maximum atomic E-state index is 9.44. The quantitative estimate of drug-likeness (QED) is 0.560. The fourth-order valence-corrected chi connectivity index (χ4v) is 0. The molecule has 0 aromatic carbocycles. The van der Waals surface area contributed by atoms with Crippen molar-refractivity contribution in [2.24, 2.45) is 0 Å². The summed E-state index contributed by atoms with van der Waals surface area (Å²) in [4.78, 5) is 18.9. The summed E-state index contributed by atoms with van der Waals surface area (Å²) in [5.41, 5.74) is 0. The predicted octanol–water partition coefficient (Wildman–Crippen LogP) is 6.05. The number of unbranched alkanes of at least 4 members (excludes halogenated alkanes) is 3. The summed E-state index contributed by atoms with van der Waals surface area (Å²) in [7, 11) is 0. The molecule has 0 saturated carbocycles. The first-order valence-corrected chi connectivity index (χ1v) is 7.53. The van der Waals surface area contributed by atoms with Crippen LogP contribution in [0.4, 0.5) is 0 Å². The van der Waals surface area contributed by atoms with Gasteiger partial charge in [0.25, 0.3) is 0 Å². The first kappa shape index (κ1) is 37.5. The normalized spacial score (nSPS) is 6.76. The maximum Gasteiger partial charge on any atom is 3.00 e. The van der Waals surface area contributed by atoms with Gasteiger partial charge in [0.15, 0.2) is 0 Å². The molecule has 0 aliphatic carbocycles. The first-order chi connectivity index (χ1) is 9.21. The van der Waals surface area contributed by atoms with Gasteiger partial charge in [0.05, 0.1) is 0 Å². The van der Waals surface area contributed by atoms with Crippen LogP contribution in [0.3, 0.4) is 0 Å². The van der Waals surface area contributed by atoms with Crippen molar-refractivity contribution in [2.75, 3.05) is 0 Å². The Morgan fingerprint density at radius 1 is 0.619 bits per heavy atom. The standard InChI is InChI=1S/3C4H9.2C3H6O.Zr/c3*1-3-4-2;2*1-3(2)4;/h3*1,3-4H2,2H3;2*1-2H3;/q3*-1;;;+3. The minimum Gasteiger partial charge on any atom is -0.343 e. The average molecular weight is 379 g/mol. The molecule has 0 aliphatic rings. The third kappa shape index (κ3) is 646. The SMILES string of the molecule is CC(C)=O.CC(C)=O.[CH2-]CCC.[CH2-]CCC.[CH2-]CCC.[Zr+3]. The van der Waals surface area contributed by atoms with Crippen molar-refractivity contribution < 1.29 is 35.8 Å². The molecule has 0 unspecified atom stereocenters. The van der Waals surface area contributed by atoms with Crippen molar-refractivity contribution in [1.82, 2.24) is 0 Å². The molecule has 1 radical (unpaired) electrons. The Morgan fingerprint density at radius 2 is 0.667 bits per heavy atom. The van der Waals surface area contributed by atoms with Crippen LogP contribution in [0, 0.1) is 20.8 Å². The van der Waals surface area contributed by atoms with E-state index in [-0.39, 0.29) is 37.8 Å². The van der Waals surface area contributed by atoms with Gasteiger partial charge < -0.3 is 30.4 Å². The second kappa shape index (κ2) is 50.0. The smallest absolute Gasteiger partial charge is 0.343 e. The van der Waals surface area contributed by atoms with E-state index in [2.05, 4.69) is 41.5 Å². The minimum atomic E-state index is 0. The molecule has 0 amide bonds. The topological polar surface area (TPSA) is 34.1 Å². The third-order valence-electron chi connectivity index (χ3n) is 1.06. The summed E-state index contributed by atoms with van der Waals surface area (Å²) < 4.78 is 0. The molecule has 0 rings (SSSR count). The summed E-state index contributed by atoms with van der Waals surface area (Å²) in [6, 6.07) is 0. The average Bonchev–Trinajstić information content (AvgIpc) is 2.37. The van der Waals surface area contributed by atoms with E-state index in [1.54, 1.807) is 0 Å². The van der Waals surface area contributed by atoms with Crippen LogP contribution in [0.5, 0.6) is 0 Å². The van der Waals surface area contributed by atoms with Crippen molar-refractivity contribution in [3.05, 3.63) is 20.8 Å². The fourth-order valence-electron chi connectivity index (χ4n) is 0. The molecule has 2 nitrogen and oxygen atoms in total. The predicted molar refractivity (Wildman–Crippen MR) is 93.5 cm³/mol. The van der Waals surface area contributed by atoms with E-state index in [0.717, 1.165) is 19.3 Å². The van der Waals surface area contributed by atoms with Gasteiger partial charge in [0.2, 0.25) is 0 Å². The Balaban J connectivity index is -0.0000000331. The van der Waals surface area contributed by atoms with Crippen LogP contribution in [0.25, 0.3) is 0 Å². The van der Waals surface area contributed by atoms with E-state index in [4.69, 9.17) is 0 Å². The minimum absolute atomic E-state index is 0. The number of carbonyl (C=O) groups excluding carboxylic acids is 2. The molecule has 21 heavy (non-hydrogen) atoms. The molecule has 0 aromatic heterocycles. The van der Waals surface area contributed by atoms with Crippen LogP contribution in [0.15, 0.2) is 0 Å². The molecule has 0 spiro atoms. The monoisotopic (exact) mass is 377 g/mol. The zero-order valence-corrected chi connectivity index (χ0v) is 18.1. The summed E-state index contributed by atoms with van der Waals surface area (Å²) in [5, 5.41) is 0. The van der Waals surface area contributed by atoms with E-state index < -0.39 is 0 Å². The molecule has 0 N–H and O–H groups in total. The van der Waals surface area contributed by atoms with Gasteiger partial charge in [-0.05, 0) is 27.7 Å². The van der Waals surface area contributed by atoms with Crippen LogP contribution in [-0.4, -0.2) is 11.6 Å². The Hall–Kier alpha value is 0.223. The van der Waals surface area contributed by atoms with Crippen LogP contribution < -0.4 is 0 Å². The van der Waals surface area contributed by atoms with Gasteiger partial charge in [-0.15, -0.1) is 0 Å². The number of carbonyl (C=O) groups is 2. The molecule has 3 heteroatoms. The number of hydrogen-bond acceptors (Lipinski definition) is 2. The Morgan fingerprint density at radius 3 is 0.667 bits per heavy atom. The third-order valence-corrected chi connectivity index (χ3v) is 1.06. The van der Waals surface area contributed by atoms with Gasteiger partial charge in [-0.2, -0.15) is 19.3 Å². The molecule has 127 valence electrons. The van der Waals surface area contributed by atoms with Gasteiger partial charge in [-0.3, -0.25) is 0 Å². The number of ketones is 2. The summed E-state index contributed by atoms with van der Waals surface area (Å²) in [5.74, 6) is 0.333. The zero-order chi connectivity index (χ0) is 17.4.